The number of Topliss-reactive ketones (excluding diaryl/α,β-unsaturated/α-hetero) is 2. The van der Waals surface area contributed by atoms with E-state index in [-0.39, 0.29) is 23.2 Å². The maximum absolute atomic E-state index is 13.3. The first-order valence-electron chi connectivity index (χ1n) is 12.4. The molecule has 0 aromatic heterocycles. The van der Waals surface area contributed by atoms with E-state index in [4.69, 9.17) is 4.74 Å². The molecule has 3 aliphatic rings. The molecule has 3 rings (SSSR count). The fourth-order valence-corrected chi connectivity index (χ4v) is 7.48. The molecule has 0 aromatic rings. The normalized spacial score (nSPS) is 36.7. The summed E-state index contributed by atoms with van der Waals surface area (Å²) in [4.78, 5) is 37.2. The van der Waals surface area contributed by atoms with E-state index in [1.54, 1.807) is 0 Å². The molecular formula is C26H42O4. The Bertz CT molecular complexity index is 641. The Kier molecular flexibility index (Phi) is 7.79. The molecule has 30 heavy (non-hydrogen) atoms. The molecular weight excluding hydrogens is 376 g/mol. The van der Waals surface area contributed by atoms with Gasteiger partial charge in [-0.3, -0.25) is 14.4 Å². The number of ether oxygens (including phenoxy) is 1. The lowest BCUT2D eigenvalue weighted by molar-refractivity contribution is -0.141. The molecule has 0 N–H and O–H groups in total. The average Bonchev–Trinajstić information content (AvgIpc) is 3.07. The van der Waals surface area contributed by atoms with Crippen molar-refractivity contribution < 1.29 is 19.1 Å². The van der Waals surface area contributed by atoms with E-state index in [0.717, 1.165) is 38.5 Å². The number of rotatable bonds is 9. The Balaban J connectivity index is 1.62. The molecule has 3 fully saturated rings. The number of carbonyl (C=O) groups excluding carboxylic acids is 3. The first-order chi connectivity index (χ1) is 14.3. The Morgan fingerprint density at radius 3 is 2.67 bits per heavy atom. The van der Waals surface area contributed by atoms with Gasteiger partial charge in [0.05, 0.1) is 7.11 Å². The third-order valence-electron chi connectivity index (χ3n) is 9.02. The predicted molar refractivity (Wildman–Crippen MR) is 118 cm³/mol. The summed E-state index contributed by atoms with van der Waals surface area (Å²) >= 11 is 0. The van der Waals surface area contributed by atoms with Crippen molar-refractivity contribution in [3.8, 4) is 0 Å². The van der Waals surface area contributed by atoms with Crippen LogP contribution in [0.2, 0.25) is 0 Å². The molecule has 0 bridgehead atoms. The zero-order valence-corrected chi connectivity index (χ0v) is 19.6. The molecule has 3 saturated carbocycles. The fraction of sp³-hybridized carbons (Fsp3) is 0.885. The van der Waals surface area contributed by atoms with Crippen LogP contribution in [-0.2, 0) is 19.1 Å². The molecule has 0 heterocycles. The zero-order chi connectivity index (χ0) is 21.9. The molecule has 170 valence electrons. The molecule has 0 radical (unpaired) electrons. The Morgan fingerprint density at radius 1 is 1.20 bits per heavy atom. The third kappa shape index (κ3) is 4.83. The monoisotopic (exact) mass is 418 g/mol. The van der Waals surface area contributed by atoms with E-state index < -0.39 is 0 Å². The van der Waals surface area contributed by atoms with E-state index >= 15 is 0 Å². The van der Waals surface area contributed by atoms with Crippen LogP contribution in [0, 0.1) is 40.9 Å². The van der Waals surface area contributed by atoms with E-state index in [0.29, 0.717) is 60.9 Å². The Morgan fingerprint density at radius 2 is 1.97 bits per heavy atom. The van der Waals surface area contributed by atoms with Crippen LogP contribution in [0.15, 0.2) is 0 Å². The van der Waals surface area contributed by atoms with Crippen LogP contribution in [0.5, 0.6) is 0 Å². The summed E-state index contributed by atoms with van der Waals surface area (Å²) in [7, 11) is 1.46. The zero-order valence-electron chi connectivity index (χ0n) is 19.6. The van der Waals surface area contributed by atoms with Crippen molar-refractivity contribution >= 4 is 17.5 Å². The molecule has 0 aromatic carbocycles. The molecule has 0 spiro atoms. The second-order valence-electron chi connectivity index (χ2n) is 10.8. The van der Waals surface area contributed by atoms with Crippen molar-refractivity contribution in [2.45, 2.75) is 97.8 Å². The van der Waals surface area contributed by atoms with Gasteiger partial charge in [0, 0.05) is 31.6 Å². The molecule has 3 aliphatic carbocycles. The Labute approximate surface area is 182 Å². The predicted octanol–water partition coefficient (Wildman–Crippen LogP) is 5.76. The quantitative estimate of drug-likeness (QED) is 0.446. The molecule has 1 unspecified atom stereocenters. The van der Waals surface area contributed by atoms with Crippen LogP contribution in [0.25, 0.3) is 0 Å². The second-order valence-corrected chi connectivity index (χ2v) is 10.8. The summed E-state index contributed by atoms with van der Waals surface area (Å²) in [5.41, 5.74) is 0.218. The van der Waals surface area contributed by atoms with Gasteiger partial charge in [-0.05, 0) is 80.0 Å². The van der Waals surface area contributed by atoms with Gasteiger partial charge in [0.2, 0.25) is 0 Å². The number of unbranched alkanes of at least 4 members (excludes halogenated alkanes) is 1. The van der Waals surface area contributed by atoms with Gasteiger partial charge in [-0.2, -0.15) is 0 Å². The minimum Gasteiger partial charge on any atom is -0.469 e. The van der Waals surface area contributed by atoms with Gasteiger partial charge in [0.25, 0.3) is 0 Å². The lowest BCUT2D eigenvalue weighted by Crippen LogP contribution is -2.48. The van der Waals surface area contributed by atoms with Gasteiger partial charge < -0.3 is 4.74 Å². The fourth-order valence-electron chi connectivity index (χ4n) is 7.48. The first kappa shape index (κ1) is 23.5. The summed E-state index contributed by atoms with van der Waals surface area (Å²) in [5.74, 6) is 3.22. The highest BCUT2D eigenvalue weighted by molar-refractivity contribution is 5.85. The van der Waals surface area contributed by atoms with Gasteiger partial charge in [0.15, 0.2) is 0 Å². The molecule has 0 amide bonds. The maximum atomic E-state index is 13.3. The molecule has 7 atom stereocenters. The maximum Gasteiger partial charge on any atom is 0.305 e. The van der Waals surface area contributed by atoms with Crippen molar-refractivity contribution in [2.75, 3.05) is 7.11 Å². The van der Waals surface area contributed by atoms with Crippen LogP contribution < -0.4 is 0 Å². The first-order valence-corrected chi connectivity index (χ1v) is 12.4. The van der Waals surface area contributed by atoms with Crippen LogP contribution in [-0.4, -0.2) is 24.6 Å². The van der Waals surface area contributed by atoms with Gasteiger partial charge >= 0.3 is 5.97 Å². The summed E-state index contributed by atoms with van der Waals surface area (Å²) in [6, 6.07) is 0. The van der Waals surface area contributed by atoms with Crippen molar-refractivity contribution in [2.24, 2.45) is 40.9 Å². The minimum absolute atomic E-state index is 0.118. The lowest BCUT2D eigenvalue weighted by Gasteiger charge is -2.51. The number of methoxy groups -OCH3 is 1. The highest BCUT2D eigenvalue weighted by Crippen LogP contribution is 2.63. The molecule has 0 saturated heterocycles. The number of hydrogen-bond donors (Lipinski definition) is 0. The smallest absolute Gasteiger partial charge is 0.305 e. The van der Waals surface area contributed by atoms with Crippen LogP contribution in [0.3, 0.4) is 0 Å². The van der Waals surface area contributed by atoms with Gasteiger partial charge in [-0.25, -0.2) is 0 Å². The second kappa shape index (κ2) is 9.96. The van der Waals surface area contributed by atoms with E-state index in [1.807, 2.05) is 0 Å². The highest BCUT2D eigenvalue weighted by Gasteiger charge is 2.57. The standard InChI is InChI=1S/C26H42O4/c1-5-6-7-20(27)15-18-14-19-12-13-26(3)21(17(2)8-11-24(29)30-4)9-10-22(26)25(19)23(28)16-18/h17-19,21-22,25H,5-16H2,1-4H3/t17-,18?,19-,21-,22+,25-,26-/m1/s1. The summed E-state index contributed by atoms with van der Waals surface area (Å²) in [6.45, 7) is 6.83. The van der Waals surface area contributed by atoms with Crippen molar-refractivity contribution in [3.05, 3.63) is 0 Å². The van der Waals surface area contributed by atoms with E-state index in [2.05, 4.69) is 20.8 Å². The van der Waals surface area contributed by atoms with E-state index in [9.17, 15) is 14.4 Å². The molecule has 4 heteroatoms. The number of hydrogen-bond acceptors (Lipinski definition) is 4. The van der Waals surface area contributed by atoms with Crippen LogP contribution >= 0.6 is 0 Å². The topological polar surface area (TPSA) is 60.4 Å². The summed E-state index contributed by atoms with van der Waals surface area (Å²) < 4.78 is 4.83. The average molecular weight is 419 g/mol. The molecule has 0 aliphatic heterocycles. The Hall–Kier alpha value is -1.19. The third-order valence-corrected chi connectivity index (χ3v) is 9.02. The molecule has 4 nitrogen and oxygen atoms in total. The minimum atomic E-state index is -0.118. The van der Waals surface area contributed by atoms with Gasteiger partial charge in [-0.1, -0.05) is 27.2 Å². The van der Waals surface area contributed by atoms with Crippen LogP contribution in [0.4, 0.5) is 0 Å². The van der Waals surface area contributed by atoms with Gasteiger partial charge in [0.1, 0.15) is 11.6 Å². The largest absolute Gasteiger partial charge is 0.469 e. The van der Waals surface area contributed by atoms with Crippen molar-refractivity contribution in [1.82, 2.24) is 0 Å². The number of esters is 1. The van der Waals surface area contributed by atoms with Gasteiger partial charge in [-0.15, -0.1) is 0 Å². The number of fused-ring (bicyclic) bond motifs is 3. The number of carbonyl (C=O) groups is 3. The lowest BCUT2D eigenvalue weighted by atomic mass is 9.52. The van der Waals surface area contributed by atoms with Crippen molar-refractivity contribution in [3.63, 3.8) is 0 Å². The van der Waals surface area contributed by atoms with Crippen LogP contribution in [0.1, 0.15) is 97.8 Å². The number of ketones is 2. The summed E-state index contributed by atoms with van der Waals surface area (Å²) in [5, 5.41) is 0. The summed E-state index contributed by atoms with van der Waals surface area (Å²) in [6.07, 6.45) is 11.0. The van der Waals surface area contributed by atoms with E-state index in [1.165, 1.54) is 20.0 Å². The van der Waals surface area contributed by atoms with Crippen molar-refractivity contribution in [1.29, 1.82) is 0 Å². The SMILES string of the molecule is CCCCC(=O)CC1CC(=O)[C@@H]2[C@H](CC[C@]3(C)[C@@H]([C@H](C)CCC(=O)OC)CC[C@@H]23)C1. The highest BCUT2D eigenvalue weighted by atomic mass is 16.5.